The summed E-state index contributed by atoms with van der Waals surface area (Å²) in [4.78, 5) is 15.0. The number of rotatable bonds is 2. The van der Waals surface area contributed by atoms with Crippen molar-refractivity contribution in [2.75, 3.05) is 18.5 Å². The molecule has 1 aliphatic heterocycles. The van der Waals surface area contributed by atoms with E-state index in [4.69, 9.17) is 26.1 Å². The van der Waals surface area contributed by atoms with E-state index >= 15 is 0 Å². The molecule has 19 heavy (non-hydrogen) atoms. The van der Waals surface area contributed by atoms with Gasteiger partial charge in [0, 0.05) is 11.8 Å². The van der Waals surface area contributed by atoms with Crippen molar-refractivity contribution in [1.29, 1.82) is 0 Å². The van der Waals surface area contributed by atoms with Gasteiger partial charge in [0.1, 0.15) is 19.5 Å². The quantitative estimate of drug-likeness (QED) is 0.824. The molecule has 7 heteroatoms. The van der Waals surface area contributed by atoms with E-state index in [1.54, 1.807) is 18.2 Å². The van der Waals surface area contributed by atoms with Gasteiger partial charge in [-0.3, -0.25) is 4.79 Å². The zero-order chi connectivity index (χ0) is 13.2. The SMILES string of the molecule is O=C(Nc1ccc2[nH]c(=S)oc2c1)C1=COCCO1. The highest BCUT2D eigenvalue weighted by Gasteiger charge is 2.15. The average Bonchev–Trinajstić information content (AvgIpc) is 2.79. The Kier molecular flexibility index (Phi) is 2.96. The van der Waals surface area contributed by atoms with E-state index in [2.05, 4.69) is 10.3 Å². The molecular formula is C12H10N2O4S. The molecule has 1 aromatic heterocycles. The number of amides is 1. The Bertz CT molecular complexity index is 716. The Morgan fingerprint density at radius 3 is 3.05 bits per heavy atom. The highest BCUT2D eigenvalue weighted by atomic mass is 32.1. The van der Waals surface area contributed by atoms with Gasteiger partial charge in [0.05, 0.1) is 5.52 Å². The second kappa shape index (κ2) is 4.77. The number of oxazole rings is 1. The molecule has 0 radical (unpaired) electrons. The number of ether oxygens (including phenoxy) is 2. The first-order chi connectivity index (χ1) is 9.22. The molecule has 0 bridgehead atoms. The number of aromatic nitrogens is 1. The van der Waals surface area contributed by atoms with Crippen LogP contribution < -0.4 is 5.32 Å². The lowest BCUT2D eigenvalue weighted by molar-refractivity contribution is -0.117. The predicted molar refractivity (Wildman–Crippen MR) is 70.0 cm³/mol. The molecule has 2 aromatic rings. The first-order valence-electron chi connectivity index (χ1n) is 5.61. The van der Waals surface area contributed by atoms with Crippen molar-refractivity contribution in [3.63, 3.8) is 0 Å². The van der Waals surface area contributed by atoms with Crippen LogP contribution >= 0.6 is 12.2 Å². The Hall–Kier alpha value is -2.28. The molecule has 0 fully saturated rings. The predicted octanol–water partition coefficient (Wildman–Crippen LogP) is 2.32. The van der Waals surface area contributed by atoms with Crippen LogP contribution in [0, 0.1) is 4.84 Å². The molecule has 6 nitrogen and oxygen atoms in total. The lowest BCUT2D eigenvalue weighted by Gasteiger charge is -2.14. The standard InChI is InChI=1S/C12H10N2O4S/c15-11(10-6-16-3-4-17-10)13-7-1-2-8-9(5-7)18-12(19)14-8/h1-2,5-6H,3-4H2,(H,13,15)(H,14,19). The van der Waals surface area contributed by atoms with Crippen molar-refractivity contribution in [2.45, 2.75) is 0 Å². The number of carbonyl (C=O) groups is 1. The van der Waals surface area contributed by atoms with Gasteiger partial charge in [-0.2, -0.15) is 0 Å². The van der Waals surface area contributed by atoms with Gasteiger partial charge in [0.15, 0.2) is 5.58 Å². The fraction of sp³-hybridized carbons (Fsp3) is 0.167. The molecule has 1 amide bonds. The monoisotopic (exact) mass is 278 g/mol. The zero-order valence-electron chi connectivity index (χ0n) is 9.76. The van der Waals surface area contributed by atoms with Crippen molar-refractivity contribution in [1.82, 2.24) is 4.98 Å². The van der Waals surface area contributed by atoms with Crippen LogP contribution in [-0.2, 0) is 14.3 Å². The molecule has 2 N–H and O–H groups in total. The molecule has 0 unspecified atom stereocenters. The van der Waals surface area contributed by atoms with Crippen LogP contribution in [0.5, 0.6) is 0 Å². The topological polar surface area (TPSA) is 76.5 Å². The summed E-state index contributed by atoms with van der Waals surface area (Å²) in [5, 5.41) is 2.69. The van der Waals surface area contributed by atoms with Crippen molar-refractivity contribution >= 4 is 34.9 Å². The largest absolute Gasteiger partial charge is 0.494 e. The van der Waals surface area contributed by atoms with Crippen LogP contribution in [0.15, 0.2) is 34.6 Å². The second-order valence-corrected chi connectivity index (χ2v) is 4.25. The molecule has 0 spiro atoms. The summed E-state index contributed by atoms with van der Waals surface area (Å²) in [6, 6.07) is 5.20. The minimum Gasteiger partial charge on any atom is -0.494 e. The number of H-pyrrole nitrogens is 1. The first kappa shape index (κ1) is 11.8. The molecule has 0 atom stereocenters. The maximum absolute atomic E-state index is 11.9. The van der Waals surface area contributed by atoms with Gasteiger partial charge in [-0.05, 0) is 24.4 Å². The summed E-state index contributed by atoms with van der Waals surface area (Å²) >= 11 is 4.89. The van der Waals surface area contributed by atoms with E-state index in [9.17, 15) is 4.79 Å². The molecule has 2 heterocycles. The van der Waals surface area contributed by atoms with Crippen LogP contribution in [0.4, 0.5) is 5.69 Å². The number of carbonyl (C=O) groups excluding carboxylic acids is 1. The molecule has 0 saturated heterocycles. The van der Waals surface area contributed by atoms with Crippen LogP contribution in [0.3, 0.4) is 0 Å². The van der Waals surface area contributed by atoms with Gasteiger partial charge in [0.2, 0.25) is 5.76 Å². The summed E-state index contributed by atoms with van der Waals surface area (Å²) in [5.74, 6) is -0.213. The fourth-order valence-electron chi connectivity index (χ4n) is 1.70. The summed E-state index contributed by atoms with van der Waals surface area (Å²) in [6.45, 7) is 0.817. The second-order valence-electron chi connectivity index (χ2n) is 3.88. The van der Waals surface area contributed by atoms with E-state index in [0.717, 1.165) is 5.52 Å². The maximum atomic E-state index is 11.9. The van der Waals surface area contributed by atoms with Crippen LogP contribution in [0.2, 0.25) is 0 Å². The van der Waals surface area contributed by atoms with Gasteiger partial charge in [0.25, 0.3) is 10.7 Å². The Morgan fingerprint density at radius 2 is 2.26 bits per heavy atom. The molecule has 3 rings (SSSR count). The summed E-state index contributed by atoms with van der Waals surface area (Å²) in [5.41, 5.74) is 1.95. The zero-order valence-corrected chi connectivity index (χ0v) is 10.6. The Balaban J connectivity index is 1.82. The fourth-order valence-corrected chi connectivity index (χ4v) is 1.90. The summed E-state index contributed by atoms with van der Waals surface area (Å²) in [6.07, 6.45) is 1.30. The van der Waals surface area contributed by atoms with Crippen LogP contribution in [-0.4, -0.2) is 24.1 Å². The van der Waals surface area contributed by atoms with Crippen molar-refractivity contribution in [3.8, 4) is 0 Å². The molecular weight excluding hydrogens is 268 g/mol. The van der Waals surface area contributed by atoms with Gasteiger partial charge >= 0.3 is 0 Å². The molecule has 1 aliphatic rings. The van der Waals surface area contributed by atoms with Gasteiger partial charge < -0.3 is 24.2 Å². The highest BCUT2D eigenvalue weighted by Crippen LogP contribution is 2.19. The molecule has 0 saturated carbocycles. The van der Waals surface area contributed by atoms with Crippen molar-refractivity contribution in [2.24, 2.45) is 0 Å². The van der Waals surface area contributed by atoms with Crippen molar-refractivity contribution in [3.05, 3.63) is 35.1 Å². The number of hydrogen-bond donors (Lipinski definition) is 2. The van der Waals surface area contributed by atoms with Crippen LogP contribution in [0.1, 0.15) is 0 Å². The van der Waals surface area contributed by atoms with E-state index < -0.39 is 0 Å². The number of fused-ring (bicyclic) bond motifs is 1. The molecule has 98 valence electrons. The van der Waals surface area contributed by atoms with Gasteiger partial charge in [-0.15, -0.1) is 0 Å². The third-order valence-electron chi connectivity index (χ3n) is 2.55. The third-order valence-corrected chi connectivity index (χ3v) is 2.74. The number of anilines is 1. The average molecular weight is 278 g/mol. The number of hydrogen-bond acceptors (Lipinski definition) is 5. The molecule has 1 aromatic carbocycles. The minimum atomic E-state index is -0.367. The highest BCUT2D eigenvalue weighted by molar-refractivity contribution is 7.71. The van der Waals surface area contributed by atoms with E-state index in [1.807, 2.05) is 0 Å². The van der Waals surface area contributed by atoms with E-state index in [0.29, 0.717) is 29.3 Å². The Labute approximate surface area is 113 Å². The van der Waals surface area contributed by atoms with Gasteiger partial charge in [-0.25, -0.2) is 0 Å². The Morgan fingerprint density at radius 1 is 1.37 bits per heavy atom. The van der Waals surface area contributed by atoms with Crippen molar-refractivity contribution < 1.29 is 18.7 Å². The molecule has 0 aliphatic carbocycles. The first-order valence-corrected chi connectivity index (χ1v) is 6.02. The summed E-state index contributed by atoms with van der Waals surface area (Å²) < 4.78 is 15.5. The number of benzene rings is 1. The number of aromatic amines is 1. The van der Waals surface area contributed by atoms with Gasteiger partial charge in [-0.1, -0.05) is 0 Å². The third kappa shape index (κ3) is 2.45. The maximum Gasteiger partial charge on any atom is 0.294 e. The number of nitrogens with one attached hydrogen (secondary N) is 2. The lowest BCUT2D eigenvalue weighted by Crippen LogP contribution is -2.21. The van der Waals surface area contributed by atoms with Crippen LogP contribution in [0.25, 0.3) is 11.1 Å². The van der Waals surface area contributed by atoms with E-state index in [1.165, 1.54) is 6.26 Å². The summed E-state index contributed by atoms with van der Waals surface area (Å²) in [7, 11) is 0. The smallest absolute Gasteiger partial charge is 0.294 e. The normalized spacial score (nSPS) is 14.4. The lowest BCUT2D eigenvalue weighted by atomic mass is 10.3. The minimum absolute atomic E-state index is 0.154. The van der Waals surface area contributed by atoms with E-state index in [-0.39, 0.29) is 11.7 Å².